The molecule has 0 unspecified atom stereocenters. The van der Waals surface area contributed by atoms with Crippen LogP contribution in [0.5, 0.6) is 28.7 Å². The highest BCUT2D eigenvalue weighted by Crippen LogP contribution is 2.57. The Morgan fingerprint density at radius 1 is 0.912 bits per heavy atom. The van der Waals surface area contributed by atoms with Gasteiger partial charge in [-0.15, -0.1) is 0 Å². The molecule has 11 nitrogen and oxygen atoms in total. The largest absolute Gasteiger partial charge is 0.504 e. The number of ether oxygens (including phenoxy) is 4. The van der Waals surface area contributed by atoms with Crippen LogP contribution in [-0.4, -0.2) is 102 Å². The molecular formula is C44H65NO10S2. The number of fused-ring (bicyclic) bond motifs is 3. The highest BCUT2D eigenvalue weighted by Gasteiger charge is 2.51. The molecule has 1 aliphatic heterocycles. The van der Waals surface area contributed by atoms with E-state index < -0.39 is 31.0 Å². The average molecular weight is 832 g/mol. The van der Waals surface area contributed by atoms with Crippen molar-refractivity contribution in [1.29, 1.82) is 0 Å². The molecule has 318 valence electrons. The number of phenolic OH excluding ortho intramolecular Hbond substituents is 2. The minimum absolute atomic E-state index is 0.0335. The molecule has 2 aromatic carbocycles. The first-order valence-electron chi connectivity index (χ1n) is 20.8. The van der Waals surface area contributed by atoms with Crippen LogP contribution in [-0.2, 0) is 17.6 Å². The fourth-order valence-electron chi connectivity index (χ4n) is 10.5. The van der Waals surface area contributed by atoms with Gasteiger partial charge in [0, 0.05) is 29.6 Å². The Hall–Kier alpha value is -2.36. The Kier molecular flexibility index (Phi) is 15.7. The van der Waals surface area contributed by atoms with Crippen LogP contribution in [0.25, 0.3) is 0 Å². The summed E-state index contributed by atoms with van der Waals surface area (Å²) in [6.07, 6.45) is 11.9. The maximum Gasteiger partial charge on any atom is 0.200 e. The van der Waals surface area contributed by atoms with Gasteiger partial charge in [0.15, 0.2) is 23.0 Å². The number of nitrogens with one attached hydrogen (secondary N) is 1. The van der Waals surface area contributed by atoms with Crippen LogP contribution in [0.15, 0.2) is 36.4 Å². The van der Waals surface area contributed by atoms with Crippen molar-refractivity contribution >= 4 is 21.6 Å². The normalized spacial score (nSPS) is 33.6. The van der Waals surface area contributed by atoms with Gasteiger partial charge in [0.05, 0.1) is 38.6 Å². The summed E-state index contributed by atoms with van der Waals surface area (Å²) in [5.41, 5.74) is 2.74. The first-order chi connectivity index (χ1) is 27.5. The van der Waals surface area contributed by atoms with Crippen molar-refractivity contribution in [3.8, 4) is 28.7 Å². The first-order valence-corrected chi connectivity index (χ1v) is 23.2. The lowest BCUT2D eigenvalue weighted by atomic mass is 9.52. The summed E-state index contributed by atoms with van der Waals surface area (Å²) in [7, 11) is 7.99. The average Bonchev–Trinajstić information content (AvgIpc) is 3.20. The van der Waals surface area contributed by atoms with Crippen LogP contribution >= 0.6 is 21.6 Å². The van der Waals surface area contributed by atoms with E-state index in [-0.39, 0.29) is 65.0 Å². The maximum atomic E-state index is 11.7. The molecule has 0 saturated heterocycles. The van der Waals surface area contributed by atoms with Gasteiger partial charge in [0.2, 0.25) is 5.75 Å². The number of aliphatic hydroxyl groups excluding tert-OH is 4. The SMILES string of the molecule is CN[C@H]1CC[C@@]2(C=CC[C@H](C)C2)[C@H]2C[C@H](Oc3cc4c(cc3O)[C@H](CCO)SSC[C@H](O)[C@@H](Cc3cc(OC)c(O)c(OC)c3)[C@H](O)C[C@@H](OCO)CC4)CC[C@@H]12. The number of methoxy groups -OCH3 is 2. The van der Waals surface area contributed by atoms with E-state index in [1.54, 1.807) is 18.2 Å². The molecule has 4 aliphatic rings. The summed E-state index contributed by atoms with van der Waals surface area (Å²) in [4.78, 5) is 0. The molecule has 57 heavy (non-hydrogen) atoms. The molecule has 6 rings (SSSR count). The summed E-state index contributed by atoms with van der Waals surface area (Å²) in [5, 5.41) is 69.0. The van der Waals surface area contributed by atoms with Crippen molar-refractivity contribution < 1.29 is 49.6 Å². The molecule has 11 atom stereocenters. The predicted octanol–water partition coefficient (Wildman–Crippen LogP) is 6.69. The summed E-state index contributed by atoms with van der Waals surface area (Å²) in [5.74, 6) is 2.26. The third-order valence-electron chi connectivity index (χ3n) is 13.3. The molecule has 0 amide bonds. The smallest absolute Gasteiger partial charge is 0.200 e. The number of allylic oxidation sites excluding steroid dienone is 2. The van der Waals surface area contributed by atoms with E-state index in [4.69, 9.17) is 18.9 Å². The number of aliphatic hydroxyl groups is 4. The van der Waals surface area contributed by atoms with E-state index in [0.29, 0.717) is 54.4 Å². The topological polar surface area (TPSA) is 170 Å². The van der Waals surface area contributed by atoms with Crippen molar-refractivity contribution in [3.05, 3.63) is 53.1 Å². The molecule has 2 fully saturated rings. The van der Waals surface area contributed by atoms with E-state index >= 15 is 0 Å². The van der Waals surface area contributed by atoms with E-state index in [0.717, 1.165) is 36.8 Å². The Balaban J connectivity index is 1.25. The summed E-state index contributed by atoms with van der Waals surface area (Å²) in [6, 6.07) is 7.60. The Labute approximate surface area is 346 Å². The van der Waals surface area contributed by atoms with Crippen molar-refractivity contribution in [2.45, 2.75) is 120 Å². The van der Waals surface area contributed by atoms with Gasteiger partial charge in [-0.1, -0.05) is 40.7 Å². The first kappa shape index (κ1) is 44.2. The molecule has 2 aromatic rings. The molecule has 2 saturated carbocycles. The maximum absolute atomic E-state index is 11.7. The third kappa shape index (κ3) is 10.3. The van der Waals surface area contributed by atoms with E-state index in [9.17, 15) is 30.6 Å². The van der Waals surface area contributed by atoms with E-state index in [1.807, 2.05) is 6.07 Å². The van der Waals surface area contributed by atoms with Crippen LogP contribution < -0.4 is 19.5 Å². The number of hydrogen-bond donors (Lipinski definition) is 7. The van der Waals surface area contributed by atoms with Crippen LogP contribution in [0, 0.1) is 29.1 Å². The number of rotatable bonds is 11. The summed E-state index contributed by atoms with van der Waals surface area (Å²) >= 11 is 0. The molecule has 0 bridgehead atoms. The lowest BCUT2D eigenvalue weighted by molar-refractivity contribution is -0.0808. The Morgan fingerprint density at radius 2 is 1.68 bits per heavy atom. The van der Waals surface area contributed by atoms with Crippen molar-refractivity contribution in [2.24, 2.45) is 29.1 Å². The lowest BCUT2D eigenvalue weighted by Crippen LogP contribution is -2.53. The summed E-state index contributed by atoms with van der Waals surface area (Å²) in [6.45, 7) is 1.78. The third-order valence-corrected chi connectivity index (χ3v) is 16.2. The molecule has 7 N–H and O–H groups in total. The van der Waals surface area contributed by atoms with Crippen LogP contribution in [0.4, 0.5) is 0 Å². The molecule has 13 heteroatoms. The minimum Gasteiger partial charge on any atom is -0.504 e. The van der Waals surface area contributed by atoms with Gasteiger partial charge in [-0.25, -0.2) is 0 Å². The zero-order chi connectivity index (χ0) is 40.7. The van der Waals surface area contributed by atoms with Gasteiger partial charge in [-0.3, -0.25) is 0 Å². The van der Waals surface area contributed by atoms with Gasteiger partial charge < -0.3 is 54.9 Å². The van der Waals surface area contributed by atoms with E-state index in [2.05, 4.69) is 31.4 Å². The van der Waals surface area contributed by atoms with Crippen LogP contribution in [0.1, 0.15) is 93.1 Å². The molecule has 0 aromatic heterocycles. The number of phenols is 2. The molecule has 3 aliphatic carbocycles. The van der Waals surface area contributed by atoms with Gasteiger partial charge in [-0.2, -0.15) is 0 Å². The van der Waals surface area contributed by atoms with E-state index in [1.165, 1.54) is 55.1 Å². The highest BCUT2D eigenvalue weighted by atomic mass is 33.1. The second-order valence-corrected chi connectivity index (χ2v) is 19.5. The number of benzene rings is 2. The zero-order valence-corrected chi connectivity index (χ0v) is 35.6. The standard InChI is InChI=1S/C44H65NO10S2/c1-26-6-5-13-44(23-26)14-11-35(45-2)31-10-9-30(20-34(31)44)55-39-19-28-7-8-29(54-25-47)21-36(48)33(16-27-17-40(52-3)43(51)41(18-27)53-4)38(50)24-56-57-42(12-15-46)32(28)22-37(39)49/h5,13,17-19,22,26,29-31,33-36,38,42,45-51H,6-12,14-16,20-21,23-25H2,1-4H3/t26-,29-,30+,31+,33-,34-,35-,36+,38-,42-,44+/m0/s1. The number of aromatic hydroxyl groups is 2. The highest BCUT2D eigenvalue weighted by molar-refractivity contribution is 8.76. The van der Waals surface area contributed by atoms with Crippen molar-refractivity contribution in [3.63, 3.8) is 0 Å². The van der Waals surface area contributed by atoms with Gasteiger partial charge in [0.25, 0.3) is 0 Å². The molecule has 1 heterocycles. The van der Waals surface area contributed by atoms with Crippen molar-refractivity contribution in [1.82, 2.24) is 5.32 Å². The second-order valence-electron chi connectivity index (χ2n) is 16.9. The molecular weight excluding hydrogens is 767 g/mol. The second kappa shape index (κ2) is 20.3. The quantitative estimate of drug-likeness (QED) is 0.0727. The van der Waals surface area contributed by atoms with Crippen molar-refractivity contribution in [2.75, 3.05) is 40.4 Å². The summed E-state index contributed by atoms with van der Waals surface area (Å²) < 4.78 is 23.3. The fraction of sp³-hybridized carbons (Fsp3) is 0.682. The van der Waals surface area contributed by atoms with Crippen LogP contribution in [0.3, 0.4) is 0 Å². The monoisotopic (exact) mass is 831 g/mol. The number of aryl methyl sites for hydroxylation is 1. The molecule has 1 spiro atoms. The van der Waals surface area contributed by atoms with Crippen LogP contribution in [0.2, 0.25) is 0 Å². The Bertz CT molecular complexity index is 1620. The lowest BCUT2D eigenvalue weighted by Gasteiger charge is -2.55. The Morgan fingerprint density at radius 3 is 2.37 bits per heavy atom. The zero-order valence-electron chi connectivity index (χ0n) is 34.0. The molecule has 0 radical (unpaired) electrons. The fourth-order valence-corrected chi connectivity index (χ4v) is 13.4. The minimum atomic E-state index is -0.997. The van der Waals surface area contributed by atoms with Gasteiger partial charge in [-0.05, 0) is 148 Å². The van der Waals surface area contributed by atoms with Gasteiger partial charge >= 0.3 is 0 Å². The number of hydrogen-bond acceptors (Lipinski definition) is 13. The predicted molar refractivity (Wildman–Crippen MR) is 225 cm³/mol. The van der Waals surface area contributed by atoms with Gasteiger partial charge in [0.1, 0.15) is 6.79 Å².